The number of nitrogens with zero attached hydrogens (tertiary/aromatic N) is 1. The molecule has 0 spiro atoms. The van der Waals surface area contributed by atoms with Crippen molar-refractivity contribution in [2.45, 2.75) is 57.4 Å². The molecule has 5 nitrogen and oxygen atoms in total. The fourth-order valence-corrected chi connectivity index (χ4v) is 4.83. The third-order valence-electron chi connectivity index (χ3n) is 4.65. The number of amides is 1. The molecule has 2 N–H and O–H groups in total. The van der Waals surface area contributed by atoms with Crippen LogP contribution in [-0.4, -0.2) is 21.9 Å². The van der Waals surface area contributed by atoms with Gasteiger partial charge in [0.15, 0.2) is 0 Å². The Labute approximate surface area is 132 Å². The molecule has 3 heterocycles. The Kier molecular flexibility index (Phi) is 3.48. The van der Waals surface area contributed by atoms with Gasteiger partial charge in [0.2, 0.25) is 5.91 Å². The Morgan fingerprint density at radius 1 is 1.14 bits per heavy atom. The number of aromatic amines is 1. The number of carbonyl (C=O) groups is 1. The first-order chi connectivity index (χ1) is 10.7. The summed E-state index contributed by atoms with van der Waals surface area (Å²) >= 11 is 1.68. The van der Waals surface area contributed by atoms with Crippen molar-refractivity contribution in [1.82, 2.24) is 15.3 Å². The van der Waals surface area contributed by atoms with Crippen molar-refractivity contribution in [3.05, 3.63) is 26.6 Å². The predicted molar refractivity (Wildman–Crippen MR) is 86.4 cm³/mol. The lowest BCUT2D eigenvalue weighted by atomic mass is 10.1. The van der Waals surface area contributed by atoms with Crippen LogP contribution in [0.3, 0.4) is 0 Å². The molecule has 0 saturated carbocycles. The highest BCUT2D eigenvalue weighted by Gasteiger charge is 2.23. The molecular formula is C16H19N3O2S. The van der Waals surface area contributed by atoms with E-state index in [2.05, 4.69) is 15.3 Å². The van der Waals surface area contributed by atoms with Crippen LogP contribution in [0.25, 0.3) is 10.2 Å². The van der Waals surface area contributed by atoms with Gasteiger partial charge in [-0.25, -0.2) is 4.98 Å². The van der Waals surface area contributed by atoms with Crippen LogP contribution in [0.4, 0.5) is 0 Å². The topological polar surface area (TPSA) is 74.8 Å². The molecule has 0 radical (unpaired) electrons. The van der Waals surface area contributed by atoms with Crippen molar-refractivity contribution in [2.24, 2.45) is 0 Å². The third kappa shape index (κ3) is 2.45. The van der Waals surface area contributed by atoms with E-state index in [1.807, 2.05) is 0 Å². The fraction of sp³-hybridized carbons (Fsp3) is 0.562. The highest BCUT2D eigenvalue weighted by molar-refractivity contribution is 7.18. The second-order valence-corrected chi connectivity index (χ2v) is 7.35. The molecule has 1 amide bonds. The van der Waals surface area contributed by atoms with Crippen LogP contribution < -0.4 is 10.9 Å². The molecule has 1 saturated heterocycles. The molecule has 6 heteroatoms. The summed E-state index contributed by atoms with van der Waals surface area (Å²) in [6.07, 6.45) is 7.69. The Balaban J connectivity index is 1.71. The largest absolute Gasteiger partial charge is 0.353 e. The number of thiophene rings is 1. The van der Waals surface area contributed by atoms with Gasteiger partial charge in [0, 0.05) is 23.8 Å². The van der Waals surface area contributed by atoms with E-state index in [1.54, 1.807) is 11.3 Å². The summed E-state index contributed by atoms with van der Waals surface area (Å²) in [4.78, 5) is 33.6. The first-order valence-electron chi connectivity index (χ1n) is 8.03. The van der Waals surface area contributed by atoms with E-state index in [9.17, 15) is 9.59 Å². The van der Waals surface area contributed by atoms with Crippen molar-refractivity contribution in [2.75, 3.05) is 0 Å². The van der Waals surface area contributed by atoms with Crippen molar-refractivity contribution in [1.29, 1.82) is 0 Å². The summed E-state index contributed by atoms with van der Waals surface area (Å²) in [7, 11) is 0. The monoisotopic (exact) mass is 317 g/mol. The van der Waals surface area contributed by atoms with Gasteiger partial charge in [0.25, 0.3) is 5.56 Å². The van der Waals surface area contributed by atoms with Crippen LogP contribution in [0, 0.1) is 0 Å². The lowest BCUT2D eigenvalue weighted by Crippen LogP contribution is -2.28. The molecule has 1 aliphatic heterocycles. The molecule has 2 aromatic rings. The molecule has 1 fully saturated rings. The number of fused-ring (bicyclic) bond motifs is 3. The van der Waals surface area contributed by atoms with Gasteiger partial charge >= 0.3 is 0 Å². The van der Waals surface area contributed by atoms with Gasteiger partial charge in [-0.3, -0.25) is 9.59 Å². The van der Waals surface area contributed by atoms with E-state index >= 15 is 0 Å². The maximum Gasteiger partial charge on any atom is 0.259 e. The Hall–Kier alpha value is -1.69. The van der Waals surface area contributed by atoms with Gasteiger partial charge in [-0.2, -0.15) is 0 Å². The molecule has 2 aromatic heterocycles. The fourth-order valence-electron chi connectivity index (χ4n) is 3.55. The van der Waals surface area contributed by atoms with Gasteiger partial charge in [-0.1, -0.05) is 6.42 Å². The van der Waals surface area contributed by atoms with E-state index in [0.717, 1.165) is 35.9 Å². The molecule has 1 atom stereocenters. The van der Waals surface area contributed by atoms with Crippen molar-refractivity contribution in [3.8, 4) is 0 Å². The summed E-state index contributed by atoms with van der Waals surface area (Å²) in [5, 5.41) is 3.74. The van der Waals surface area contributed by atoms with Crippen LogP contribution in [0.5, 0.6) is 0 Å². The zero-order valence-corrected chi connectivity index (χ0v) is 13.2. The van der Waals surface area contributed by atoms with E-state index in [1.165, 1.54) is 23.3 Å². The van der Waals surface area contributed by atoms with Crippen LogP contribution in [-0.2, 0) is 24.1 Å². The lowest BCUT2D eigenvalue weighted by molar-refractivity contribution is -0.119. The summed E-state index contributed by atoms with van der Waals surface area (Å²) < 4.78 is 0. The first-order valence-corrected chi connectivity index (χ1v) is 8.85. The Morgan fingerprint density at radius 3 is 2.82 bits per heavy atom. The molecule has 1 unspecified atom stereocenters. The second kappa shape index (κ2) is 5.50. The van der Waals surface area contributed by atoms with Gasteiger partial charge in [0.05, 0.1) is 5.39 Å². The lowest BCUT2D eigenvalue weighted by Gasteiger charge is -2.08. The molecule has 22 heavy (non-hydrogen) atoms. The predicted octanol–water partition coefficient (Wildman–Crippen LogP) is 2.07. The Morgan fingerprint density at radius 2 is 2.00 bits per heavy atom. The maximum atomic E-state index is 12.5. The Bertz CT molecular complexity index is 793. The minimum Gasteiger partial charge on any atom is -0.353 e. The highest BCUT2D eigenvalue weighted by Crippen LogP contribution is 2.32. The quantitative estimate of drug-likeness (QED) is 0.833. The van der Waals surface area contributed by atoms with Crippen LogP contribution in [0.1, 0.15) is 48.4 Å². The molecule has 4 rings (SSSR count). The van der Waals surface area contributed by atoms with Crippen molar-refractivity contribution in [3.63, 3.8) is 0 Å². The number of hydrogen-bond donors (Lipinski definition) is 2. The van der Waals surface area contributed by atoms with E-state index in [4.69, 9.17) is 0 Å². The summed E-state index contributed by atoms with van der Waals surface area (Å²) in [5.41, 5.74) is 1.22. The van der Waals surface area contributed by atoms with Crippen LogP contribution >= 0.6 is 11.3 Å². The zero-order valence-electron chi connectivity index (χ0n) is 12.4. The number of rotatable bonds is 2. The number of carbonyl (C=O) groups excluding carboxylic acids is 1. The zero-order chi connectivity index (χ0) is 15.1. The SMILES string of the molecule is O=C1CCC(Cc2nc3sc4c(c3c(=O)[nH]2)CCCCC4)N1. The standard InChI is InChI=1S/C16H19N3O2S/c20-13-7-6-9(17-13)8-12-18-15(21)14-10-4-2-1-3-5-11(10)22-16(14)19-12/h9H,1-8H2,(H,17,20)(H,18,19,21). The number of aromatic nitrogens is 2. The molecule has 2 aliphatic rings. The summed E-state index contributed by atoms with van der Waals surface area (Å²) in [6.45, 7) is 0. The maximum absolute atomic E-state index is 12.5. The van der Waals surface area contributed by atoms with E-state index in [-0.39, 0.29) is 17.5 Å². The average molecular weight is 317 g/mol. The van der Waals surface area contributed by atoms with E-state index in [0.29, 0.717) is 18.7 Å². The van der Waals surface area contributed by atoms with Gasteiger partial charge in [-0.15, -0.1) is 11.3 Å². The third-order valence-corrected chi connectivity index (χ3v) is 5.83. The summed E-state index contributed by atoms with van der Waals surface area (Å²) in [6, 6.07) is 0.103. The number of H-pyrrole nitrogens is 1. The first kappa shape index (κ1) is 13.9. The number of aryl methyl sites for hydroxylation is 2. The molecule has 0 aromatic carbocycles. The smallest absolute Gasteiger partial charge is 0.259 e. The van der Waals surface area contributed by atoms with Gasteiger partial charge in [0.1, 0.15) is 10.7 Å². The molecule has 1 aliphatic carbocycles. The minimum absolute atomic E-state index is 0.0104. The van der Waals surface area contributed by atoms with Crippen LogP contribution in [0.2, 0.25) is 0 Å². The minimum atomic E-state index is -0.0104. The van der Waals surface area contributed by atoms with Crippen molar-refractivity contribution >= 4 is 27.5 Å². The number of nitrogens with one attached hydrogen (secondary N) is 2. The number of hydrogen-bond acceptors (Lipinski definition) is 4. The van der Waals surface area contributed by atoms with Gasteiger partial charge in [-0.05, 0) is 37.7 Å². The summed E-state index contributed by atoms with van der Waals surface area (Å²) in [5.74, 6) is 0.789. The highest BCUT2D eigenvalue weighted by atomic mass is 32.1. The van der Waals surface area contributed by atoms with E-state index < -0.39 is 0 Å². The van der Waals surface area contributed by atoms with Crippen molar-refractivity contribution < 1.29 is 4.79 Å². The normalized spacial score (nSPS) is 21.6. The average Bonchev–Trinajstić information content (AvgIpc) is 2.95. The molecule has 116 valence electrons. The molecular weight excluding hydrogens is 298 g/mol. The van der Waals surface area contributed by atoms with Crippen LogP contribution in [0.15, 0.2) is 4.79 Å². The second-order valence-electron chi connectivity index (χ2n) is 6.26. The van der Waals surface area contributed by atoms with Gasteiger partial charge < -0.3 is 10.3 Å². The molecule has 0 bridgehead atoms.